The summed E-state index contributed by atoms with van der Waals surface area (Å²) in [6.45, 7) is 1.95. The third-order valence-corrected chi connectivity index (χ3v) is 8.39. The van der Waals surface area contributed by atoms with E-state index in [1.54, 1.807) is 6.92 Å². The van der Waals surface area contributed by atoms with Crippen molar-refractivity contribution < 1.29 is 22.7 Å². The number of aromatic nitrogens is 3. The molecule has 2 aliphatic rings. The molecule has 1 saturated heterocycles. The number of carbonyl (C=O) groups excluding carboxylic acids is 1. The van der Waals surface area contributed by atoms with Crippen LogP contribution in [0.4, 0.5) is 0 Å². The number of nitrogens with one attached hydrogen (secondary N) is 1. The van der Waals surface area contributed by atoms with E-state index in [-0.39, 0.29) is 30.0 Å². The number of sulfone groups is 1. The minimum atomic E-state index is -3.11. The molecule has 2 aromatic carbocycles. The molecule has 5 rings (SSSR count). The average Bonchev–Trinajstić information content (AvgIpc) is 3.49. The van der Waals surface area contributed by atoms with Crippen molar-refractivity contribution in [3.8, 4) is 28.6 Å². The fourth-order valence-electron chi connectivity index (χ4n) is 4.01. The third-order valence-electron chi connectivity index (χ3n) is 5.56. The highest BCUT2D eigenvalue weighted by Gasteiger charge is 2.39. The van der Waals surface area contributed by atoms with Gasteiger partial charge in [0.2, 0.25) is 12.7 Å². The number of carbonyl (C=O) groups is 1. The molecule has 0 aliphatic carbocycles. The van der Waals surface area contributed by atoms with Crippen molar-refractivity contribution in [2.45, 2.75) is 24.0 Å². The molecule has 0 bridgehead atoms. The lowest BCUT2D eigenvalue weighted by Crippen LogP contribution is -2.47. The zero-order chi connectivity index (χ0) is 23.1. The SMILES string of the molecule is C[C@@]1(NC(=O)CSc2nnc(-c3ccc4c(c3)OCO4)n2-c2ccccc2)CCS(=O)(=O)C1. The van der Waals surface area contributed by atoms with Gasteiger partial charge >= 0.3 is 0 Å². The summed E-state index contributed by atoms with van der Waals surface area (Å²) >= 11 is 1.24. The van der Waals surface area contributed by atoms with Crippen LogP contribution in [0, 0.1) is 0 Å². The van der Waals surface area contributed by atoms with Crippen LogP contribution in [0.1, 0.15) is 13.3 Å². The van der Waals surface area contributed by atoms with E-state index in [1.165, 1.54) is 11.8 Å². The first-order valence-corrected chi connectivity index (χ1v) is 13.2. The quantitative estimate of drug-likeness (QED) is 0.529. The van der Waals surface area contributed by atoms with Gasteiger partial charge in [0, 0.05) is 11.3 Å². The van der Waals surface area contributed by atoms with E-state index in [0.717, 1.165) is 11.3 Å². The Labute approximate surface area is 195 Å². The Morgan fingerprint density at radius 1 is 1.15 bits per heavy atom. The number of nitrogens with zero attached hydrogens (tertiary/aromatic N) is 3. The topological polar surface area (TPSA) is 112 Å². The molecular weight excluding hydrogens is 464 g/mol. The number of amides is 1. The Morgan fingerprint density at radius 3 is 2.70 bits per heavy atom. The van der Waals surface area contributed by atoms with Crippen molar-refractivity contribution in [2.75, 3.05) is 24.1 Å². The first-order chi connectivity index (χ1) is 15.8. The second-order valence-electron chi connectivity index (χ2n) is 8.28. The molecule has 33 heavy (non-hydrogen) atoms. The summed E-state index contributed by atoms with van der Waals surface area (Å²) in [7, 11) is -3.11. The number of hydrogen-bond acceptors (Lipinski definition) is 8. The summed E-state index contributed by atoms with van der Waals surface area (Å²) < 4.78 is 36.4. The van der Waals surface area contributed by atoms with Gasteiger partial charge in [0.1, 0.15) is 0 Å². The standard InChI is InChI=1S/C22H22N4O5S2/c1-22(9-10-33(28,29)13-22)23-19(27)12-32-21-25-24-20(26(21)16-5-3-2-4-6-16)15-7-8-17-18(11-15)31-14-30-17/h2-8,11H,9-10,12-14H2,1H3,(H,23,27)/t22-/m1/s1. The van der Waals surface area contributed by atoms with Gasteiger partial charge in [-0.1, -0.05) is 30.0 Å². The van der Waals surface area contributed by atoms with E-state index in [1.807, 2.05) is 53.1 Å². The smallest absolute Gasteiger partial charge is 0.231 e. The molecule has 1 amide bonds. The van der Waals surface area contributed by atoms with Gasteiger partial charge in [-0.2, -0.15) is 0 Å². The average molecular weight is 487 g/mol. The largest absolute Gasteiger partial charge is 0.454 e. The first kappa shape index (κ1) is 21.8. The van der Waals surface area contributed by atoms with Crippen molar-refractivity contribution in [1.29, 1.82) is 0 Å². The van der Waals surface area contributed by atoms with Gasteiger partial charge in [0.15, 0.2) is 32.3 Å². The van der Waals surface area contributed by atoms with Crippen molar-refractivity contribution in [3.05, 3.63) is 48.5 Å². The Balaban J connectivity index is 1.39. The predicted octanol–water partition coefficient (Wildman–Crippen LogP) is 2.45. The Hall–Kier alpha value is -3.05. The molecule has 172 valence electrons. The molecule has 11 heteroatoms. The van der Waals surface area contributed by atoms with Crippen LogP contribution >= 0.6 is 11.8 Å². The molecule has 1 fully saturated rings. The lowest BCUT2D eigenvalue weighted by atomic mass is 10.0. The summed E-state index contributed by atoms with van der Waals surface area (Å²) in [5.74, 6) is 1.83. The van der Waals surface area contributed by atoms with Gasteiger partial charge in [0.05, 0.1) is 22.8 Å². The lowest BCUT2D eigenvalue weighted by Gasteiger charge is -2.23. The van der Waals surface area contributed by atoms with Crippen molar-refractivity contribution in [2.24, 2.45) is 0 Å². The molecular formula is C22H22N4O5S2. The van der Waals surface area contributed by atoms with Crippen LogP contribution in [-0.4, -0.2) is 58.7 Å². The Bertz CT molecular complexity index is 1310. The van der Waals surface area contributed by atoms with Crippen LogP contribution in [0.2, 0.25) is 0 Å². The maximum absolute atomic E-state index is 12.6. The van der Waals surface area contributed by atoms with E-state index < -0.39 is 15.4 Å². The molecule has 0 spiro atoms. The summed E-state index contributed by atoms with van der Waals surface area (Å²) in [6.07, 6.45) is 0.417. The van der Waals surface area contributed by atoms with E-state index in [4.69, 9.17) is 9.47 Å². The van der Waals surface area contributed by atoms with Gasteiger partial charge in [-0.05, 0) is 43.7 Å². The van der Waals surface area contributed by atoms with Crippen molar-refractivity contribution in [3.63, 3.8) is 0 Å². The number of thioether (sulfide) groups is 1. The van der Waals surface area contributed by atoms with Crippen molar-refractivity contribution >= 4 is 27.5 Å². The lowest BCUT2D eigenvalue weighted by molar-refractivity contribution is -0.120. The minimum absolute atomic E-state index is 0.0368. The fourth-order valence-corrected chi connectivity index (χ4v) is 6.85. The minimum Gasteiger partial charge on any atom is -0.454 e. The molecule has 0 unspecified atom stereocenters. The normalized spacial score (nSPS) is 20.6. The second-order valence-corrected chi connectivity index (χ2v) is 11.4. The van der Waals surface area contributed by atoms with Crippen LogP contribution in [0.5, 0.6) is 11.5 Å². The van der Waals surface area contributed by atoms with Crippen LogP contribution in [0.25, 0.3) is 17.1 Å². The van der Waals surface area contributed by atoms with E-state index in [2.05, 4.69) is 15.5 Å². The maximum Gasteiger partial charge on any atom is 0.231 e. The number of para-hydroxylation sites is 1. The number of rotatable bonds is 6. The van der Waals surface area contributed by atoms with Crippen LogP contribution in [0.15, 0.2) is 53.7 Å². The molecule has 2 aliphatic heterocycles. The number of hydrogen-bond donors (Lipinski definition) is 1. The van der Waals surface area contributed by atoms with E-state index in [0.29, 0.717) is 28.9 Å². The van der Waals surface area contributed by atoms with Gasteiger partial charge in [-0.3, -0.25) is 9.36 Å². The maximum atomic E-state index is 12.6. The molecule has 0 radical (unpaired) electrons. The molecule has 3 heterocycles. The highest BCUT2D eigenvalue weighted by atomic mass is 32.2. The van der Waals surface area contributed by atoms with Crippen molar-refractivity contribution in [1.82, 2.24) is 20.1 Å². The summed E-state index contributed by atoms with van der Waals surface area (Å²) in [4.78, 5) is 12.6. The number of fused-ring (bicyclic) bond motifs is 1. The van der Waals surface area contributed by atoms with Crippen LogP contribution in [0.3, 0.4) is 0 Å². The third kappa shape index (κ3) is 4.55. The zero-order valence-corrected chi connectivity index (χ0v) is 19.5. The predicted molar refractivity (Wildman–Crippen MR) is 123 cm³/mol. The number of benzene rings is 2. The molecule has 9 nitrogen and oxygen atoms in total. The Morgan fingerprint density at radius 2 is 1.94 bits per heavy atom. The van der Waals surface area contributed by atoms with Crippen LogP contribution < -0.4 is 14.8 Å². The molecule has 1 atom stereocenters. The van der Waals surface area contributed by atoms with Gasteiger partial charge in [-0.15, -0.1) is 10.2 Å². The van der Waals surface area contributed by atoms with E-state index >= 15 is 0 Å². The second kappa shape index (κ2) is 8.38. The molecule has 0 saturated carbocycles. The number of ether oxygens (including phenoxy) is 2. The molecule has 1 N–H and O–H groups in total. The summed E-state index contributed by atoms with van der Waals surface area (Å²) in [5.41, 5.74) is 0.920. The highest BCUT2D eigenvalue weighted by Crippen LogP contribution is 2.37. The van der Waals surface area contributed by atoms with Gasteiger partial charge in [0.25, 0.3) is 0 Å². The van der Waals surface area contributed by atoms with Crippen LogP contribution in [-0.2, 0) is 14.6 Å². The van der Waals surface area contributed by atoms with Gasteiger partial charge in [-0.25, -0.2) is 8.42 Å². The van der Waals surface area contributed by atoms with Gasteiger partial charge < -0.3 is 14.8 Å². The zero-order valence-electron chi connectivity index (χ0n) is 17.9. The fraction of sp³-hybridized carbons (Fsp3) is 0.318. The first-order valence-electron chi connectivity index (χ1n) is 10.4. The molecule has 1 aromatic heterocycles. The summed E-state index contributed by atoms with van der Waals surface area (Å²) in [5, 5.41) is 12.2. The summed E-state index contributed by atoms with van der Waals surface area (Å²) in [6, 6.07) is 15.2. The Kier molecular flexibility index (Phi) is 5.53. The van der Waals surface area contributed by atoms with E-state index in [9.17, 15) is 13.2 Å². The molecule has 3 aromatic rings. The highest BCUT2D eigenvalue weighted by molar-refractivity contribution is 7.99. The monoisotopic (exact) mass is 486 g/mol.